The number of hydrogen-bond acceptors (Lipinski definition) is 3. The predicted octanol–water partition coefficient (Wildman–Crippen LogP) is 4.60. The summed E-state index contributed by atoms with van der Waals surface area (Å²) < 4.78 is 38.4. The molecular formula is C16H12ClF3N2OS. The summed E-state index contributed by atoms with van der Waals surface area (Å²) in [5.74, 6) is -0.337. The van der Waals surface area contributed by atoms with Gasteiger partial charge >= 0.3 is 6.18 Å². The minimum absolute atomic E-state index is 0.0832. The highest BCUT2D eigenvalue weighted by molar-refractivity contribution is 8.00. The highest BCUT2D eigenvalue weighted by Gasteiger charge is 2.32. The van der Waals surface area contributed by atoms with Crippen molar-refractivity contribution in [2.75, 3.05) is 5.75 Å². The number of rotatable bonds is 5. The Morgan fingerprint density at radius 3 is 2.50 bits per heavy atom. The number of hydrazone groups is 1. The van der Waals surface area contributed by atoms with Crippen LogP contribution in [0.15, 0.2) is 58.5 Å². The van der Waals surface area contributed by atoms with Gasteiger partial charge in [-0.05, 0) is 30.3 Å². The fourth-order valence-electron chi connectivity index (χ4n) is 1.75. The van der Waals surface area contributed by atoms with Crippen LogP contribution >= 0.6 is 23.4 Å². The zero-order valence-corrected chi connectivity index (χ0v) is 13.8. The number of benzene rings is 2. The van der Waals surface area contributed by atoms with E-state index in [1.54, 1.807) is 24.3 Å². The van der Waals surface area contributed by atoms with Gasteiger partial charge in [-0.25, -0.2) is 5.43 Å². The van der Waals surface area contributed by atoms with Crippen LogP contribution in [0.1, 0.15) is 11.1 Å². The van der Waals surface area contributed by atoms with E-state index in [0.717, 1.165) is 17.2 Å². The fraction of sp³-hybridized carbons (Fsp3) is 0.125. The molecule has 0 radical (unpaired) electrons. The molecule has 0 heterocycles. The lowest BCUT2D eigenvalue weighted by Gasteiger charge is -2.09. The second-order valence-corrected chi connectivity index (χ2v) is 6.11. The predicted molar refractivity (Wildman–Crippen MR) is 89.4 cm³/mol. The molecule has 8 heteroatoms. The number of carbonyl (C=O) groups excluding carboxylic acids is 1. The fourth-order valence-corrected chi connectivity index (χ4v) is 2.57. The van der Waals surface area contributed by atoms with Crippen LogP contribution in [0.25, 0.3) is 0 Å². The molecule has 24 heavy (non-hydrogen) atoms. The van der Waals surface area contributed by atoms with E-state index in [9.17, 15) is 18.0 Å². The van der Waals surface area contributed by atoms with E-state index in [-0.39, 0.29) is 11.3 Å². The average molecular weight is 373 g/mol. The largest absolute Gasteiger partial charge is 0.417 e. The molecule has 0 bridgehead atoms. The van der Waals surface area contributed by atoms with E-state index in [1.165, 1.54) is 30.0 Å². The molecule has 0 atom stereocenters. The summed E-state index contributed by atoms with van der Waals surface area (Å²) in [6.07, 6.45) is -3.50. The summed E-state index contributed by atoms with van der Waals surface area (Å²) >= 11 is 7.02. The van der Waals surface area contributed by atoms with Crippen LogP contribution in [0.3, 0.4) is 0 Å². The first-order chi connectivity index (χ1) is 11.4. The standard InChI is InChI=1S/C16H12ClF3N2OS/c17-12-5-7-13(8-6-12)24-10-15(23)22-21-9-11-3-1-2-4-14(11)16(18,19)20/h1-9H,10H2,(H,22,23)/b21-9-. The van der Waals surface area contributed by atoms with E-state index in [1.807, 2.05) is 0 Å². The van der Waals surface area contributed by atoms with Crippen LogP contribution in [-0.4, -0.2) is 17.9 Å². The summed E-state index contributed by atoms with van der Waals surface area (Å²) in [5, 5.41) is 4.18. The first kappa shape index (κ1) is 18.4. The maximum Gasteiger partial charge on any atom is 0.417 e. The zero-order chi connectivity index (χ0) is 17.6. The highest BCUT2D eigenvalue weighted by atomic mass is 35.5. The lowest BCUT2D eigenvalue weighted by Crippen LogP contribution is -2.20. The van der Waals surface area contributed by atoms with Crippen molar-refractivity contribution in [2.45, 2.75) is 11.1 Å². The minimum Gasteiger partial charge on any atom is -0.272 e. The van der Waals surface area contributed by atoms with Crippen molar-refractivity contribution < 1.29 is 18.0 Å². The molecule has 0 aliphatic rings. The van der Waals surface area contributed by atoms with Crippen molar-refractivity contribution in [1.29, 1.82) is 0 Å². The topological polar surface area (TPSA) is 41.5 Å². The molecule has 0 aromatic heterocycles. The lowest BCUT2D eigenvalue weighted by molar-refractivity contribution is -0.137. The van der Waals surface area contributed by atoms with Gasteiger partial charge in [0.2, 0.25) is 5.91 Å². The Hall–Kier alpha value is -1.99. The van der Waals surface area contributed by atoms with Gasteiger partial charge in [0.1, 0.15) is 0 Å². The quantitative estimate of drug-likeness (QED) is 0.473. The Kier molecular flexibility index (Phi) is 6.28. The molecule has 0 saturated carbocycles. The summed E-state index contributed by atoms with van der Waals surface area (Å²) in [7, 11) is 0. The maximum absolute atomic E-state index is 12.8. The third-order valence-corrected chi connectivity index (χ3v) is 4.11. The first-order valence-corrected chi connectivity index (χ1v) is 8.09. The molecule has 3 nitrogen and oxygen atoms in total. The Balaban J connectivity index is 1.90. The van der Waals surface area contributed by atoms with Crippen LogP contribution in [-0.2, 0) is 11.0 Å². The molecule has 0 fully saturated rings. The van der Waals surface area contributed by atoms with Crippen molar-refractivity contribution in [1.82, 2.24) is 5.43 Å². The Bertz CT molecular complexity index is 733. The number of hydrogen-bond donors (Lipinski definition) is 1. The number of amides is 1. The molecule has 1 amide bonds. The van der Waals surface area contributed by atoms with Crippen molar-refractivity contribution >= 4 is 35.5 Å². The maximum atomic E-state index is 12.8. The molecule has 2 rings (SSSR count). The van der Waals surface area contributed by atoms with Gasteiger partial charge in [-0.15, -0.1) is 11.8 Å². The number of carbonyl (C=O) groups is 1. The van der Waals surface area contributed by atoms with Crippen LogP contribution in [0.5, 0.6) is 0 Å². The molecule has 0 aliphatic carbocycles. The van der Waals surface area contributed by atoms with Crippen LogP contribution in [0, 0.1) is 0 Å². The van der Waals surface area contributed by atoms with Crippen LogP contribution in [0.2, 0.25) is 5.02 Å². The molecule has 0 saturated heterocycles. The Morgan fingerprint density at radius 2 is 1.83 bits per heavy atom. The molecular weight excluding hydrogens is 361 g/mol. The van der Waals surface area contributed by atoms with Crippen molar-refractivity contribution in [3.05, 3.63) is 64.7 Å². The van der Waals surface area contributed by atoms with E-state index >= 15 is 0 Å². The number of thioether (sulfide) groups is 1. The third kappa shape index (κ3) is 5.58. The number of nitrogens with zero attached hydrogens (tertiary/aromatic N) is 1. The normalized spacial score (nSPS) is 11.7. The molecule has 0 aliphatic heterocycles. The second kappa shape index (κ2) is 8.21. The zero-order valence-electron chi connectivity index (χ0n) is 12.2. The van der Waals surface area contributed by atoms with E-state index in [0.29, 0.717) is 5.02 Å². The minimum atomic E-state index is -4.48. The van der Waals surface area contributed by atoms with E-state index in [4.69, 9.17) is 11.6 Å². The Morgan fingerprint density at radius 1 is 1.17 bits per heavy atom. The first-order valence-electron chi connectivity index (χ1n) is 6.73. The summed E-state index contributed by atoms with van der Waals surface area (Å²) in [6, 6.07) is 11.9. The molecule has 126 valence electrons. The molecule has 2 aromatic rings. The van der Waals surface area contributed by atoms with E-state index in [2.05, 4.69) is 10.5 Å². The van der Waals surface area contributed by atoms with Crippen molar-refractivity contribution in [3.63, 3.8) is 0 Å². The van der Waals surface area contributed by atoms with Gasteiger partial charge in [-0.3, -0.25) is 4.79 Å². The van der Waals surface area contributed by atoms with Gasteiger partial charge in [0.15, 0.2) is 0 Å². The van der Waals surface area contributed by atoms with Crippen molar-refractivity contribution in [3.8, 4) is 0 Å². The third-order valence-electron chi connectivity index (χ3n) is 2.84. The van der Waals surface area contributed by atoms with Gasteiger partial charge < -0.3 is 0 Å². The molecule has 2 aromatic carbocycles. The number of nitrogens with one attached hydrogen (secondary N) is 1. The second-order valence-electron chi connectivity index (χ2n) is 4.62. The number of alkyl halides is 3. The van der Waals surface area contributed by atoms with Crippen molar-refractivity contribution in [2.24, 2.45) is 5.10 Å². The lowest BCUT2D eigenvalue weighted by atomic mass is 10.1. The van der Waals surface area contributed by atoms with Gasteiger partial charge in [-0.1, -0.05) is 29.8 Å². The van der Waals surface area contributed by atoms with Gasteiger partial charge in [0.25, 0.3) is 0 Å². The van der Waals surface area contributed by atoms with E-state index < -0.39 is 17.6 Å². The number of halogens is 4. The highest BCUT2D eigenvalue weighted by Crippen LogP contribution is 2.31. The van der Waals surface area contributed by atoms with Crippen LogP contribution in [0.4, 0.5) is 13.2 Å². The summed E-state index contributed by atoms with van der Waals surface area (Å²) in [4.78, 5) is 12.5. The summed E-state index contributed by atoms with van der Waals surface area (Å²) in [6.45, 7) is 0. The molecule has 0 unspecified atom stereocenters. The van der Waals surface area contributed by atoms with Gasteiger partial charge in [-0.2, -0.15) is 18.3 Å². The Labute approximate surface area is 145 Å². The molecule has 0 spiro atoms. The molecule has 1 N–H and O–H groups in total. The summed E-state index contributed by atoms with van der Waals surface area (Å²) in [5.41, 5.74) is 1.29. The SMILES string of the molecule is O=C(CSc1ccc(Cl)cc1)N/N=C\c1ccccc1C(F)(F)F. The average Bonchev–Trinajstić information content (AvgIpc) is 2.54. The smallest absolute Gasteiger partial charge is 0.272 e. The monoisotopic (exact) mass is 372 g/mol. The van der Waals surface area contributed by atoms with Crippen LogP contribution < -0.4 is 5.43 Å². The van der Waals surface area contributed by atoms with Gasteiger partial charge in [0.05, 0.1) is 17.5 Å². The van der Waals surface area contributed by atoms with Gasteiger partial charge in [0, 0.05) is 15.5 Å².